The lowest BCUT2D eigenvalue weighted by molar-refractivity contribution is -0.152. The van der Waals surface area contributed by atoms with Crippen molar-refractivity contribution in [3.63, 3.8) is 0 Å². The summed E-state index contributed by atoms with van der Waals surface area (Å²) in [6.45, 7) is 5.18. The van der Waals surface area contributed by atoms with Crippen LogP contribution in [0.4, 0.5) is 5.69 Å². The molecule has 0 saturated carbocycles. The molecule has 0 aliphatic carbocycles. The van der Waals surface area contributed by atoms with Crippen LogP contribution in [0.15, 0.2) is 59.5 Å². The Kier molecular flexibility index (Phi) is 9.12. The summed E-state index contributed by atoms with van der Waals surface area (Å²) >= 11 is 0. The number of ether oxygens (including phenoxy) is 1. The SMILES string of the molecule is CCN(CC)S(=O)(=O)c1ccc(C(=O)NCC(=O)OC(C)C(=O)N(C)c2ccccc2)cc1. The van der Waals surface area contributed by atoms with Crippen LogP contribution < -0.4 is 10.2 Å². The predicted octanol–water partition coefficient (Wildman–Crippen LogP) is 2.04. The number of likely N-dealkylation sites (N-methyl/N-ethyl adjacent to an activating group) is 1. The highest BCUT2D eigenvalue weighted by atomic mass is 32.2. The first-order valence-electron chi connectivity index (χ1n) is 10.5. The fourth-order valence-electron chi connectivity index (χ4n) is 3.09. The highest BCUT2D eigenvalue weighted by molar-refractivity contribution is 7.89. The van der Waals surface area contributed by atoms with Crippen molar-refractivity contribution in [2.75, 3.05) is 31.6 Å². The number of carbonyl (C=O) groups excluding carboxylic acids is 3. The van der Waals surface area contributed by atoms with Crippen molar-refractivity contribution in [1.82, 2.24) is 9.62 Å². The Morgan fingerprint density at radius 1 is 0.970 bits per heavy atom. The van der Waals surface area contributed by atoms with Gasteiger partial charge in [-0.25, -0.2) is 8.42 Å². The van der Waals surface area contributed by atoms with Gasteiger partial charge in [0.2, 0.25) is 10.0 Å². The Morgan fingerprint density at radius 3 is 2.09 bits per heavy atom. The zero-order valence-electron chi connectivity index (χ0n) is 19.1. The summed E-state index contributed by atoms with van der Waals surface area (Å²) in [6.07, 6.45) is -1.04. The highest BCUT2D eigenvalue weighted by Crippen LogP contribution is 2.16. The summed E-state index contributed by atoms with van der Waals surface area (Å²) < 4.78 is 31.5. The first kappa shape index (κ1) is 26.0. The average Bonchev–Trinajstić information content (AvgIpc) is 2.82. The molecule has 0 aliphatic rings. The third kappa shape index (κ3) is 6.62. The smallest absolute Gasteiger partial charge is 0.326 e. The average molecular weight is 476 g/mol. The lowest BCUT2D eigenvalue weighted by Crippen LogP contribution is -2.39. The number of para-hydroxylation sites is 1. The summed E-state index contributed by atoms with van der Waals surface area (Å²) in [5.41, 5.74) is 0.847. The molecule has 0 aliphatic heterocycles. The van der Waals surface area contributed by atoms with E-state index in [-0.39, 0.29) is 10.5 Å². The van der Waals surface area contributed by atoms with Crippen LogP contribution in [0.25, 0.3) is 0 Å². The number of esters is 1. The van der Waals surface area contributed by atoms with E-state index in [4.69, 9.17) is 4.74 Å². The Morgan fingerprint density at radius 2 is 1.55 bits per heavy atom. The predicted molar refractivity (Wildman–Crippen MR) is 124 cm³/mol. The van der Waals surface area contributed by atoms with Crippen LogP contribution >= 0.6 is 0 Å². The van der Waals surface area contributed by atoms with Crippen molar-refractivity contribution in [2.24, 2.45) is 0 Å². The quantitative estimate of drug-likeness (QED) is 0.526. The van der Waals surface area contributed by atoms with Crippen molar-refractivity contribution < 1.29 is 27.5 Å². The highest BCUT2D eigenvalue weighted by Gasteiger charge is 2.24. The van der Waals surface area contributed by atoms with Crippen molar-refractivity contribution >= 4 is 33.5 Å². The summed E-state index contributed by atoms with van der Waals surface area (Å²) in [5.74, 6) is -1.75. The maximum absolute atomic E-state index is 12.5. The second-order valence-corrected chi connectivity index (χ2v) is 9.10. The van der Waals surface area contributed by atoms with E-state index >= 15 is 0 Å². The zero-order valence-corrected chi connectivity index (χ0v) is 20.0. The molecule has 0 radical (unpaired) electrons. The van der Waals surface area contributed by atoms with E-state index in [1.165, 1.54) is 40.4 Å². The maximum atomic E-state index is 12.5. The molecule has 2 rings (SSSR count). The molecule has 2 aromatic rings. The van der Waals surface area contributed by atoms with E-state index in [1.54, 1.807) is 45.2 Å². The first-order valence-corrected chi connectivity index (χ1v) is 12.0. The van der Waals surface area contributed by atoms with Gasteiger partial charge in [-0.15, -0.1) is 0 Å². The van der Waals surface area contributed by atoms with Crippen LogP contribution in [-0.2, 0) is 24.3 Å². The third-order valence-electron chi connectivity index (χ3n) is 4.98. The van der Waals surface area contributed by atoms with E-state index in [1.807, 2.05) is 6.07 Å². The fraction of sp³-hybridized carbons (Fsp3) is 0.348. The van der Waals surface area contributed by atoms with E-state index < -0.39 is 40.5 Å². The number of carbonyl (C=O) groups is 3. The van der Waals surface area contributed by atoms with Crippen molar-refractivity contribution in [3.8, 4) is 0 Å². The number of amides is 2. The molecular weight excluding hydrogens is 446 g/mol. The summed E-state index contributed by atoms with van der Waals surface area (Å²) in [6, 6.07) is 14.4. The molecule has 1 atom stereocenters. The van der Waals surface area contributed by atoms with Gasteiger partial charge in [-0.1, -0.05) is 32.0 Å². The number of sulfonamides is 1. The molecule has 0 bridgehead atoms. The number of hydrogen-bond acceptors (Lipinski definition) is 6. The van der Waals surface area contributed by atoms with Gasteiger partial charge in [-0.05, 0) is 43.3 Å². The van der Waals surface area contributed by atoms with Crippen LogP contribution in [-0.4, -0.2) is 63.3 Å². The van der Waals surface area contributed by atoms with Crippen LogP contribution in [0, 0.1) is 0 Å². The summed E-state index contributed by atoms with van der Waals surface area (Å²) in [7, 11) is -2.05. The normalized spacial score (nSPS) is 12.2. The second kappa shape index (κ2) is 11.6. The summed E-state index contributed by atoms with van der Waals surface area (Å²) in [5, 5.41) is 2.41. The number of anilines is 1. The molecule has 1 unspecified atom stereocenters. The molecule has 10 heteroatoms. The lowest BCUT2D eigenvalue weighted by Gasteiger charge is -2.21. The second-order valence-electron chi connectivity index (χ2n) is 7.16. The molecule has 2 aromatic carbocycles. The number of nitrogens with one attached hydrogen (secondary N) is 1. The van der Waals surface area contributed by atoms with Gasteiger partial charge in [0.1, 0.15) is 6.54 Å². The first-order chi connectivity index (χ1) is 15.6. The van der Waals surface area contributed by atoms with Crippen LogP contribution in [0.1, 0.15) is 31.1 Å². The standard InChI is InChI=1S/C23H29N3O6S/c1-5-26(6-2)33(30,31)20-14-12-18(13-15-20)22(28)24-16-21(27)32-17(3)23(29)25(4)19-10-8-7-9-11-19/h7-15,17H,5-6,16H2,1-4H3,(H,24,28). The number of nitrogens with zero attached hydrogens (tertiary/aromatic N) is 2. The maximum Gasteiger partial charge on any atom is 0.326 e. The molecular formula is C23H29N3O6S. The van der Waals surface area contributed by atoms with E-state index in [9.17, 15) is 22.8 Å². The Bertz CT molecular complexity index is 1070. The molecule has 0 saturated heterocycles. The van der Waals surface area contributed by atoms with E-state index in [0.29, 0.717) is 18.8 Å². The minimum Gasteiger partial charge on any atom is -0.451 e. The van der Waals surface area contributed by atoms with Gasteiger partial charge >= 0.3 is 5.97 Å². The van der Waals surface area contributed by atoms with Crippen LogP contribution in [0.2, 0.25) is 0 Å². The Labute approximate surface area is 194 Å². The minimum absolute atomic E-state index is 0.0806. The number of hydrogen-bond donors (Lipinski definition) is 1. The largest absolute Gasteiger partial charge is 0.451 e. The van der Waals surface area contributed by atoms with Gasteiger partial charge in [-0.3, -0.25) is 14.4 Å². The van der Waals surface area contributed by atoms with Gasteiger partial charge in [0, 0.05) is 31.4 Å². The van der Waals surface area contributed by atoms with Crippen molar-refractivity contribution in [2.45, 2.75) is 31.8 Å². The van der Waals surface area contributed by atoms with Crippen LogP contribution in [0.5, 0.6) is 0 Å². The summed E-state index contributed by atoms with van der Waals surface area (Å²) in [4.78, 5) is 38.3. The van der Waals surface area contributed by atoms with Gasteiger partial charge in [0.25, 0.3) is 11.8 Å². The topological polar surface area (TPSA) is 113 Å². The van der Waals surface area contributed by atoms with Gasteiger partial charge < -0.3 is 15.0 Å². The van der Waals surface area contributed by atoms with Gasteiger partial charge in [0.15, 0.2) is 6.10 Å². The van der Waals surface area contributed by atoms with Crippen molar-refractivity contribution in [3.05, 3.63) is 60.2 Å². The molecule has 0 heterocycles. The Balaban J connectivity index is 1.91. The molecule has 1 N–H and O–H groups in total. The molecule has 0 spiro atoms. The van der Waals surface area contributed by atoms with Crippen molar-refractivity contribution in [1.29, 1.82) is 0 Å². The van der Waals surface area contributed by atoms with E-state index in [0.717, 1.165) is 0 Å². The zero-order chi connectivity index (χ0) is 24.6. The molecule has 178 valence electrons. The third-order valence-corrected chi connectivity index (χ3v) is 7.05. The number of benzene rings is 2. The number of rotatable bonds is 10. The minimum atomic E-state index is -3.63. The van der Waals surface area contributed by atoms with Crippen LogP contribution in [0.3, 0.4) is 0 Å². The Hall–Kier alpha value is -3.24. The van der Waals surface area contributed by atoms with Gasteiger partial charge in [-0.2, -0.15) is 4.31 Å². The lowest BCUT2D eigenvalue weighted by atomic mass is 10.2. The molecule has 0 fully saturated rings. The monoisotopic (exact) mass is 475 g/mol. The fourth-order valence-corrected chi connectivity index (χ4v) is 4.54. The molecule has 9 nitrogen and oxygen atoms in total. The molecule has 2 amide bonds. The van der Waals surface area contributed by atoms with E-state index in [2.05, 4.69) is 5.32 Å². The van der Waals surface area contributed by atoms with Gasteiger partial charge in [0.05, 0.1) is 4.90 Å². The molecule has 33 heavy (non-hydrogen) atoms. The molecule has 0 aromatic heterocycles.